The number of carbonyl (C=O) groups is 1. The van der Waals surface area contributed by atoms with Crippen LogP contribution in [0, 0.1) is 11.7 Å². The van der Waals surface area contributed by atoms with Gasteiger partial charge in [-0.2, -0.15) is 13.2 Å². The fourth-order valence-corrected chi connectivity index (χ4v) is 3.50. The first-order valence-corrected chi connectivity index (χ1v) is 9.73. The first-order chi connectivity index (χ1) is 14.3. The largest absolute Gasteiger partial charge is 0.416 e. The smallest absolute Gasteiger partial charge is 0.390 e. The number of benzene rings is 2. The summed E-state index contributed by atoms with van der Waals surface area (Å²) in [6, 6.07) is 11.0. The molecule has 1 amide bonds. The minimum atomic E-state index is -4.44. The quantitative estimate of drug-likeness (QED) is 0.632. The molecule has 0 unspecified atom stereocenters. The zero-order valence-electron chi connectivity index (χ0n) is 16.0. The zero-order chi connectivity index (χ0) is 21.3. The molecule has 1 atom stereocenters. The van der Waals surface area contributed by atoms with E-state index in [1.54, 1.807) is 23.1 Å². The SMILES string of the molecule is O=C(C1CC1)N(Cc1cccc(C(F)(F)F)c1)C[C@@H]1CC(c2cccc(F)c2)=NO1. The number of rotatable bonds is 6. The maximum Gasteiger partial charge on any atom is 0.416 e. The van der Waals surface area contributed by atoms with Crippen molar-refractivity contribution in [3.8, 4) is 0 Å². The lowest BCUT2D eigenvalue weighted by atomic mass is 10.0. The predicted octanol–water partition coefficient (Wildman–Crippen LogP) is 4.78. The Kier molecular flexibility index (Phi) is 5.49. The van der Waals surface area contributed by atoms with Crippen LogP contribution in [0.25, 0.3) is 0 Å². The standard InChI is InChI=1S/C22H20F4N2O2/c23-18-6-2-4-16(10-18)20-11-19(30-27-20)13-28(21(29)15-7-8-15)12-14-3-1-5-17(9-14)22(24,25)26/h1-6,9-10,15,19H,7-8,11-13H2/t19-/m0/s1. The molecule has 2 aromatic rings. The van der Waals surface area contributed by atoms with Crippen molar-refractivity contribution in [2.45, 2.75) is 38.1 Å². The molecule has 0 N–H and O–H groups in total. The number of alkyl halides is 3. The number of oxime groups is 1. The minimum absolute atomic E-state index is 0.0639. The minimum Gasteiger partial charge on any atom is -0.390 e. The van der Waals surface area contributed by atoms with Gasteiger partial charge >= 0.3 is 6.18 Å². The molecule has 2 aliphatic rings. The fraction of sp³-hybridized carbons (Fsp3) is 0.364. The van der Waals surface area contributed by atoms with Crippen LogP contribution in [0.2, 0.25) is 0 Å². The lowest BCUT2D eigenvalue weighted by molar-refractivity contribution is -0.137. The van der Waals surface area contributed by atoms with Crippen molar-refractivity contribution in [2.75, 3.05) is 6.54 Å². The molecular formula is C22H20F4N2O2. The summed E-state index contributed by atoms with van der Waals surface area (Å²) in [5, 5.41) is 4.02. The van der Waals surface area contributed by atoms with Gasteiger partial charge in [0.05, 0.1) is 17.8 Å². The van der Waals surface area contributed by atoms with Gasteiger partial charge in [0.1, 0.15) is 5.82 Å². The van der Waals surface area contributed by atoms with Gasteiger partial charge in [-0.15, -0.1) is 0 Å². The van der Waals surface area contributed by atoms with Crippen molar-refractivity contribution >= 4 is 11.6 Å². The van der Waals surface area contributed by atoms with Crippen LogP contribution in [0.15, 0.2) is 53.7 Å². The van der Waals surface area contributed by atoms with Crippen LogP contribution in [-0.2, 0) is 22.4 Å². The predicted molar refractivity (Wildman–Crippen MR) is 102 cm³/mol. The Morgan fingerprint density at radius 2 is 1.90 bits per heavy atom. The van der Waals surface area contributed by atoms with Crippen LogP contribution in [0.1, 0.15) is 36.0 Å². The normalized spacial score (nSPS) is 18.7. The number of hydrogen-bond donors (Lipinski definition) is 0. The molecule has 0 bridgehead atoms. The average Bonchev–Trinajstić information content (AvgIpc) is 3.45. The topological polar surface area (TPSA) is 41.9 Å². The highest BCUT2D eigenvalue weighted by molar-refractivity contribution is 6.01. The van der Waals surface area contributed by atoms with Crippen LogP contribution in [0.3, 0.4) is 0 Å². The molecule has 2 aromatic carbocycles. The highest BCUT2D eigenvalue weighted by Gasteiger charge is 2.36. The van der Waals surface area contributed by atoms with Gasteiger partial charge in [-0.05, 0) is 42.7 Å². The second kappa shape index (κ2) is 8.08. The molecule has 0 radical (unpaired) electrons. The molecule has 158 valence electrons. The van der Waals surface area contributed by atoms with Crippen molar-refractivity contribution in [2.24, 2.45) is 11.1 Å². The summed E-state index contributed by atoms with van der Waals surface area (Å²) in [5.41, 5.74) is 0.851. The first kappa shape index (κ1) is 20.4. The number of amides is 1. The van der Waals surface area contributed by atoms with Crippen molar-refractivity contribution in [3.63, 3.8) is 0 Å². The molecule has 1 heterocycles. The second-order valence-electron chi connectivity index (χ2n) is 7.67. The maximum absolute atomic E-state index is 13.5. The Balaban J connectivity index is 1.46. The van der Waals surface area contributed by atoms with E-state index in [4.69, 9.17) is 4.84 Å². The van der Waals surface area contributed by atoms with E-state index in [0.717, 1.165) is 25.0 Å². The van der Waals surface area contributed by atoms with E-state index >= 15 is 0 Å². The molecule has 30 heavy (non-hydrogen) atoms. The van der Waals surface area contributed by atoms with Gasteiger partial charge in [0, 0.05) is 24.4 Å². The van der Waals surface area contributed by atoms with Crippen molar-refractivity contribution in [3.05, 3.63) is 71.0 Å². The monoisotopic (exact) mass is 420 g/mol. The molecule has 4 rings (SSSR count). The maximum atomic E-state index is 13.5. The molecule has 1 saturated carbocycles. The van der Waals surface area contributed by atoms with Crippen LogP contribution >= 0.6 is 0 Å². The van der Waals surface area contributed by atoms with Crippen LogP contribution in [0.4, 0.5) is 17.6 Å². The number of hydrogen-bond acceptors (Lipinski definition) is 3. The summed E-state index contributed by atoms with van der Waals surface area (Å²) in [4.78, 5) is 19.7. The highest BCUT2D eigenvalue weighted by Crippen LogP contribution is 2.33. The summed E-state index contributed by atoms with van der Waals surface area (Å²) in [5.74, 6) is -0.551. The van der Waals surface area contributed by atoms with E-state index in [2.05, 4.69) is 5.16 Å². The third kappa shape index (κ3) is 4.80. The van der Waals surface area contributed by atoms with Crippen molar-refractivity contribution in [1.82, 2.24) is 4.90 Å². The van der Waals surface area contributed by atoms with E-state index in [1.165, 1.54) is 18.2 Å². The summed E-state index contributed by atoms with van der Waals surface area (Å²) in [7, 11) is 0. The molecule has 4 nitrogen and oxygen atoms in total. The molecule has 0 spiro atoms. The van der Waals surface area contributed by atoms with E-state index in [0.29, 0.717) is 23.3 Å². The van der Waals surface area contributed by atoms with E-state index in [1.807, 2.05) is 0 Å². The molecule has 1 aliphatic carbocycles. The van der Waals surface area contributed by atoms with Gasteiger partial charge in [0.25, 0.3) is 0 Å². The third-order valence-electron chi connectivity index (χ3n) is 5.18. The summed E-state index contributed by atoms with van der Waals surface area (Å²) >= 11 is 0. The zero-order valence-corrected chi connectivity index (χ0v) is 16.0. The molecule has 1 fully saturated rings. The van der Waals surface area contributed by atoms with Crippen molar-refractivity contribution in [1.29, 1.82) is 0 Å². The molecule has 0 saturated heterocycles. The second-order valence-corrected chi connectivity index (χ2v) is 7.67. The third-order valence-corrected chi connectivity index (χ3v) is 5.18. The summed E-state index contributed by atoms with van der Waals surface area (Å²) in [6.07, 6.45) is -2.91. The molecule has 0 aromatic heterocycles. The van der Waals surface area contributed by atoms with Crippen LogP contribution in [-0.4, -0.2) is 29.2 Å². The Morgan fingerprint density at radius 1 is 1.13 bits per heavy atom. The first-order valence-electron chi connectivity index (χ1n) is 9.73. The summed E-state index contributed by atoms with van der Waals surface area (Å²) in [6.45, 7) is 0.266. The van der Waals surface area contributed by atoms with Gasteiger partial charge in [-0.25, -0.2) is 4.39 Å². The Bertz CT molecular complexity index is 970. The number of halogens is 4. The van der Waals surface area contributed by atoms with Crippen LogP contribution < -0.4 is 0 Å². The van der Waals surface area contributed by atoms with Crippen molar-refractivity contribution < 1.29 is 27.2 Å². The van der Waals surface area contributed by atoms with E-state index in [-0.39, 0.29) is 30.7 Å². The Hall–Kier alpha value is -2.90. The molecule has 8 heteroatoms. The van der Waals surface area contributed by atoms with E-state index in [9.17, 15) is 22.4 Å². The Labute approximate surface area is 171 Å². The van der Waals surface area contributed by atoms with Gasteiger partial charge in [0.2, 0.25) is 5.91 Å². The lowest BCUT2D eigenvalue weighted by Crippen LogP contribution is -2.38. The van der Waals surface area contributed by atoms with Gasteiger partial charge in [-0.1, -0.05) is 29.4 Å². The van der Waals surface area contributed by atoms with Gasteiger partial charge in [0.15, 0.2) is 6.10 Å². The summed E-state index contributed by atoms with van der Waals surface area (Å²) < 4.78 is 52.5. The van der Waals surface area contributed by atoms with Gasteiger partial charge < -0.3 is 9.74 Å². The van der Waals surface area contributed by atoms with E-state index < -0.39 is 17.8 Å². The number of nitrogens with zero attached hydrogens (tertiary/aromatic N) is 2. The average molecular weight is 420 g/mol. The Morgan fingerprint density at radius 3 is 2.60 bits per heavy atom. The van der Waals surface area contributed by atoms with Crippen LogP contribution in [0.5, 0.6) is 0 Å². The number of carbonyl (C=O) groups excluding carboxylic acids is 1. The van der Waals surface area contributed by atoms with Gasteiger partial charge in [-0.3, -0.25) is 4.79 Å². The highest BCUT2D eigenvalue weighted by atomic mass is 19.4. The fourth-order valence-electron chi connectivity index (χ4n) is 3.50. The molecule has 1 aliphatic heterocycles. The molecular weight excluding hydrogens is 400 g/mol. The lowest BCUT2D eigenvalue weighted by Gasteiger charge is -2.25.